The monoisotopic (exact) mass is 374 g/mol. The Hall–Kier alpha value is -0.550. The first-order valence-corrected chi connectivity index (χ1v) is 8.15. The van der Waals surface area contributed by atoms with Crippen LogP contribution in [0.15, 0.2) is 40.5 Å². The Kier molecular flexibility index (Phi) is 8.91. The molecule has 2 atom stereocenters. The zero-order chi connectivity index (χ0) is 13.9. The van der Waals surface area contributed by atoms with E-state index in [-0.39, 0.29) is 12.4 Å². The standard InChI is InChI=1S/C16H23IO2/c1-3-4-6-9-16(12-13-17)19-14(2)18-15-10-7-5-8-11-15/h5,7-8,10-14,16H,3-4,6,9H2,1-2H3/b13-12-/t14-,16?/m1/s1. The maximum Gasteiger partial charge on any atom is 0.197 e. The fourth-order valence-electron chi connectivity index (χ4n) is 1.85. The molecule has 0 fully saturated rings. The van der Waals surface area contributed by atoms with Gasteiger partial charge < -0.3 is 9.47 Å². The van der Waals surface area contributed by atoms with Gasteiger partial charge in [-0.15, -0.1) is 0 Å². The molecule has 0 aliphatic heterocycles. The van der Waals surface area contributed by atoms with Crippen LogP contribution in [-0.4, -0.2) is 12.4 Å². The topological polar surface area (TPSA) is 18.5 Å². The second-order valence-electron chi connectivity index (χ2n) is 4.49. The molecule has 0 aliphatic rings. The summed E-state index contributed by atoms with van der Waals surface area (Å²) in [5.74, 6) is 0.848. The molecular formula is C16H23IO2. The van der Waals surface area contributed by atoms with Crippen LogP contribution >= 0.6 is 22.6 Å². The quantitative estimate of drug-likeness (QED) is 0.331. The Morgan fingerprint density at radius 1 is 1.21 bits per heavy atom. The maximum atomic E-state index is 5.93. The first-order valence-electron chi connectivity index (χ1n) is 6.90. The van der Waals surface area contributed by atoms with Crippen molar-refractivity contribution in [2.24, 2.45) is 0 Å². The van der Waals surface area contributed by atoms with Crippen molar-refractivity contribution in [3.63, 3.8) is 0 Å². The number of rotatable bonds is 9. The van der Waals surface area contributed by atoms with E-state index in [1.54, 1.807) is 0 Å². The molecule has 0 radical (unpaired) electrons. The molecule has 0 spiro atoms. The highest BCUT2D eigenvalue weighted by Gasteiger charge is 2.11. The molecule has 3 heteroatoms. The zero-order valence-electron chi connectivity index (χ0n) is 11.7. The van der Waals surface area contributed by atoms with E-state index in [4.69, 9.17) is 9.47 Å². The van der Waals surface area contributed by atoms with Crippen LogP contribution in [0.2, 0.25) is 0 Å². The van der Waals surface area contributed by atoms with Gasteiger partial charge in [-0.1, -0.05) is 67.0 Å². The smallest absolute Gasteiger partial charge is 0.197 e. The van der Waals surface area contributed by atoms with Crippen molar-refractivity contribution in [2.75, 3.05) is 0 Å². The Balaban J connectivity index is 2.40. The molecule has 1 aromatic rings. The van der Waals surface area contributed by atoms with Crippen molar-refractivity contribution in [2.45, 2.75) is 51.9 Å². The summed E-state index contributed by atoms with van der Waals surface area (Å²) in [6.45, 7) is 4.16. The van der Waals surface area contributed by atoms with Gasteiger partial charge in [-0.3, -0.25) is 0 Å². The lowest BCUT2D eigenvalue weighted by Gasteiger charge is -2.21. The molecule has 1 unspecified atom stereocenters. The Morgan fingerprint density at radius 3 is 2.58 bits per heavy atom. The minimum atomic E-state index is -0.235. The van der Waals surface area contributed by atoms with E-state index in [2.05, 4.69) is 35.6 Å². The van der Waals surface area contributed by atoms with Gasteiger partial charge in [-0.25, -0.2) is 0 Å². The number of halogens is 1. The van der Waals surface area contributed by atoms with Crippen LogP contribution in [0.25, 0.3) is 0 Å². The van der Waals surface area contributed by atoms with E-state index in [9.17, 15) is 0 Å². The third-order valence-electron chi connectivity index (χ3n) is 2.79. The highest BCUT2D eigenvalue weighted by molar-refractivity contribution is 14.1. The number of benzene rings is 1. The Morgan fingerprint density at radius 2 is 1.95 bits per heavy atom. The first kappa shape index (κ1) is 16.5. The second kappa shape index (κ2) is 10.3. The number of hydrogen-bond donors (Lipinski definition) is 0. The van der Waals surface area contributed by atoms with Crippen LogP contribution in [0.3, 0.4) is 0 Å². The highest BCUT2D eigenvalue weighted by Crippen LogP contribution is 2.15. The number of ether oxygens (including phenoxy) is 2. The van der Waals surface area contributed by atoms with Gasteiger partial charge in [0, 0.05) is 0 Å². The summed E-state index contributed by atoms with van der Waals surface area (Å²) >= 11 is 2.23. The van der Waals surface area contributed by atoms with E-state index < -0.39 is 0 Å². The van der Waals surface area contributed by atoms with Crippen molar-refractivity contribution in [3.05, 3.63) is 40.5 Å². The lowest BCUT2D eigenvalue weighted by Crippen LogP contribution is -2.23. The summed E-state index contributed by atoms with van der Waals surface area (Å²) in [5, 5.41) is 0. The van der Waals surface area contributed by atoms with Crippen molar-refractivity contribution in [1.82, 2.24) is 0 Å². The van der Waals surface area contributed by atoms with Crippen LogP contribution < -0.4 is 4.74 Å². The van der Waals surface area contributed by atoms with Gasteiger partial charge in [0.15, 0.2) is 6.29 Å². The molecule has 0 heterocycles. The maximum absolute atomic E-state index is 5.93. The molecule has 1 aromatic carbocycles. The van der Waals surface area contributed by atoms with E-state index in [1.807, 2.05) is 41.3 Å². The first-order chi connectivity index (χ1) is 9.26. The fourth-order valence-corrected chi connectivity index (χ4v) is 2.31. The summed E-state index contributed by atoms with van der Waals surface area (Å²) in [5.41, 5.74) is 0. The van der Waals surface area contributed by atoms with Crippen LogP contribution in [0.5, 0.6) is 5.75 Å². The summed E-state index contributed by atoms with van der Waals surface area (Å²) in [4.78, 5) is 0. The van der Waals surface area contributed by atoms with Gasteiger partial charge in [0.25, 0.3) is 0 Å². The van der Waals surface area contributed by atoms with Crippen molar-refractivity contribution in [1.29, 1.82) is 0 Å². The highest BCUT2D eigenvalue weighted by atomic mass is 127. The molecule has 0 amide bonds. The van der Waals surface area contributed by atoms with Gasteiger partial charge in [-0.2, -0.15) is 0 Å². The molecular weight excluding hydrogens is 351 g/mol. The molecule has 0 N–H and O–H groups in total. The van der Waals surface area contributed by atoms with Crippen molar-refractivity contribution < 1.29 is 9.47 Å². The molecule has 0 aromatic heterocycles. The minimum Gasteiger partial charge on any atom is -0.465 e. The fraction of sp³-hybridized carbons (Fsp3) is 0.500. The number of para-hydroxylation sites is 1. The number of hydrogen-bond acceptors (Lipinski definition) is 2. The molecule has 0 saturated heterocycles. The van der Waals surface area contributed by atoms with Crippen LogP contribution in [-0.2, 0) is 4.74 Å². The Labute approximate surface area is 130 Å². The van der Waals surface area contributed by atoms with Crippen LogP contribution in [0, 0.1) is 0 Å². The molecule has 106 valence electrons. The Bertz CT molecular complexity index is 351. The molecule has 1 rings (SSSR count). The predicted octanol–water partition coefficient (Wildman–Crippen LogP) is 5.33. The molecule has 0 bridgehead atoms. The van der Waals surface area contributed by atoms with Gasteiger partial charge in [0.05, 0.1) is 6.10 Å². The second-order valence-corrected chi connectivity index (χ2v) is 5.21. The minimum absolute atomic E-state index is 0.141. The predicted molar refractivity (Wildman–Crippen MR) is 88.7 cm³/mol. The largest absolute Gasteiger partial charge is 0.465 e. The number of unbranched alkanes of at least 4 members (excludes halogenated alkanes) is 2. The molecule has 0 aliphatic carbocycles. The lowest BCUT2D eigenvalue weighted by atomic mass is 10.1. The SMILES string of the molecule is CCCCCC(/C=C\I)O[C@H](C)Oc1ccccc1. The van der Waals surface area contributed by atoms with Crippen LogP contribution in [0.1, 0.15) is 39.5 Å². The van der Waals surface area contributed by atoms with Gasteiger partial charge in [-0.05, 0) is 35.6 Å². The summed E-state index contributed by atoms with van der Waals surface area (Å²) in [7, 11) is 0. The van der Waals surface area contributed by atoms with Crippen LogP contribution in [0.4, 0.5) is 0 Å². The average Bonchev–Trinajstić information content (AvgIpc) is 2.40. The summed E-state index contributed by atoms with van der Waals surface area (Å²) in [6, 6.07) is 9.79. The van der Waals surface area contributed by atoms with Gasteiger partial charge >= 0.3 is 0 Å². The normalized spacial score (nSPS) is 14.5. The molecule has 19 heavy (non-hydrogen) atoms. The van der Waals surface area contributed by atoms with Gasteiger partial charge in [0.2, 0.25) is 0 Å². The van der Waals surface area contributed by atoms with Crippen molar-refractivity contribution in [3.8, 4) is 5.75 Å². The third kappa shape index (κ3) is 7.57. The van der Waals surface area contributed by atoms with E-state index in [0.29, 0.717) is 0 Å². The van der Waals surface area contributed by atoms with Crippen molar-refractivity contribution >= 4 is 22.6 Å². The third-order valence-corrected chi connectivity index (χ3v) is 3.21. The van der Waals surface area contributed by atoms with E-state index >= 15 is 0 Å². The van der Waals surface area contributed by atoms with E-state index in [1.165, 1.54) is 19.3 Å². The summed E-state index contributed by atoms with van der Waals surface area (Å²) < 4.78 is 13.7. The average molecular weight is 374 g/mol. The molecule has 2 nitrogen and oxygen atoms in total. The summed E-state index contributed by atoms with van der Waals surface area (Å²) in [6.07, 6.45) is 6.74. The lowest BCUT2D eigenvalue weighted by molar-refractivity contribution is -0.0940. The van der Waals surface area contributed by atoms with Gasteiger partial charge in [0.1, 0.15) is 5.75 Å². The van der Waals surface area contributed by atoms with E-state index in [0.717, 1.165) is 12.2 Å². The molecule has 0 saturated carbocycles. The zero-order valence-corrected chi connectivity index (χ0v) is 13.9.